The number of aromatic hydroxyl groups is 1. The molecule has 3 N–H and O–H groups in total. The van der Waals surface area contributed by atoms with Crippen molar-refractivity contribution in [3.05, 3.63) is 53.8 Å². The summed E-state index contributed by atoms with van der Waals surface area (Å²) < 4.78 is 14.1. The van der Waals surface area contributed by atoms with Gasteiger partial charge in [0.15, 0.2) is 0 Å². The van der Waals surface area contributed by atoms with Gasteiger partial charge in [0.25, 0.3) is 0 Å². The van der Waals surface area contributed by atoms with E-state index >= 15 is 0 Å². The normalized spacial score (nSPS) is 13.8. The lowest BCUT2D eigenvalue weighted by atomic mass is 10.1. The second-order valence-corrected chi connectivity index (χ2v) is 4.49. The zero-order valence-electron chi connectivity index (χ0n) is 10.7. The molecule has 0 unspecified atom stereocenters. The molecule has 1 aliphatic rings. The summed E-state index contributed by atoms with van der Waals surface area (Å²) in [5.74, 6) is 0.447. The summed E-state index contributed by atoms with van der Waals surface area (Å²) >= 11 is 0. The summed E-state index contributed by atoms with van der Waals surface area (Å²) in [6.45, 7) is 1.38. The molecule has 0 bridgehead atoms. The lowest BCUT2D eigenvalue weighted by molar-refractivity contribution is 0.475. The Labute approximate surface area is 116 Å². The largest absolute Gasteiger partial charge is 0.508 e. The molecule has 1 heterocycles. The fourth-order valence-electron chi connectivity index (χ4n) is 2.13. The molecule has 0 amide bonds. The molecule has 0 radical (unpaired) electrons. The monoisotopic (exact) mass is 271 g/mol. The van der Waals surface area contributed by atoms with E-state index in [1.165, 1.54) is 6.07 Å². The maximum atomic E-state index is 14.1. The molecular formula is C15H14FN3O. The number of amidine groups is 1. The predicted octanol–water partition coefficient (Wildman–Crippen LogP) is 2.62. The molecule has 0 fully saturated rings. The van der Waals surface area contributed by atoms with Crippen LogP contribution in [0.1, 0.15) is 5.56 Å². The van der Waals surface area contributed by atoms with Gasteiger partial charge in [-0.25, -0.2) is 4.39 Å². The van der Waals surface area contributed by atoms with Crippen molar-refractivity contribution in [2.45, 2.75) is 0 Å². The Hall–Kier alpha value is -2.56. The van der Waals surface area contributed by atoms with E-state index < -0.39 is 0 Å². The third-order valence-corrected chi connectivity index (χ3v) is 3.07. The summed E-state index contributed by atoms with van der Waals surface area (Å²) in [4.78, 5) is 4.27. The highest BCUT2D eigenvalue weighted by Gasteiger charge is 2.17. The SMILES string of the molecule is Oc1ccc(Nc2cccc(F)c2C2=NCCN2)cc1. The van der Waals surface area contributed by atoms with Crippen LogP contribution in [0.4, 0.5) is 15.8 Å². The summed E-state index contributed by atoms with van der Waals surface area (Å²) in [5.41, 5.74) is 1.86. The number of anilines is 2. The fourth-order valence-corrected chi connectivity index (χ4v) is 2.13. The molecular weight excluding hydrogens is 257 g/mol. The van der Waals surface area contributed by atoms with Crippen LogP contribution >= 0.6 is 0 Å². The molecule has 20 heavy (non-hydrogen) atoms. The first kappa shape index (κ1) is 12.5. The maximum Gasteiger partial charge on any atom is 0.136 e. The van der Waals surface area contributed by atoms with E-state index in [1.54, 1.807) is 36.4 Å². The van der Waals surface area contributed by atoms with Gasteiger partial charge in [-0.15, -0.1) is 0 Å². The highest BCUT2D eigenvalue weighted by atomic mass is 19.1. The minimum Gasteiger partial charge on any atom is -0.508 e. The molecule has 2 aromatic carbocycles. The Morgan fingerprint density at radius 3 is 2.65 bits per heavy atom. The molecule has 2 aromatic rings. The van der Waals surface area contributed by atoms with Crippen LogP contribution in [0, 0.1) is 5.82 Å². The minimum atomic E-state index is -0.318. The van der Waals surface area contributed by atoms with Gasteiger partial charge in [-0.1, -0.05) is 6.07 Å². The summed E-state index contributed by atoms with van der Waals surface area (Å²) in [5, 5.41) is 15.5. The van der Waals surface area contributed by atoms with Crippen LogP contribution in [0.25, 0.3) is 0 Å². The van der Waals surface area contributed by atoms with E-state index in [0.29, 0.717) is 23.6 Å². The molecule has 0 aliphatic carbocycles. The average Bonchev–Trinajstić information content (AvgIpc) is 2.95. The fraction of sp³-hybridized carbons (Fsp3) is 0.133. The van der Waals surface area contributed by atoms with E-state index in [1.807, 2.05) is 0 Å². The number of benzene rings is 2. The highest BCUT2D eigenvalue weighted by molar-refractivity contribution is 6.05. The van der Waals surface area contributed by atoms with Gasteiger partial charge in [0.1, 0.15) is 17.4 Å². The minimum absolute atomic E-state index is 0.192. The summed E-state index contributed by atoms with van der Waals surface area (Å²) in [6, 6.07) is 11.5. The summed E-state index contributed by atoms with van der Waals surface area (Å²) in [7, 11) is 0. The van der Waals surface area contributed by atoms with E-state index in [0.717, 1.165) is 12.2 Å². The van der Waals surface area contributed by atoms with Gasteiger partial charge in [0, 0.05) is 12.2 Å². The van der Waals surface area contributed by atoms with Crippen LogP contribution in [0.2, 0.25) is 0 Å². The van der Waals surface area contributed by atoms with Crippen LogP contribution in [0.15, 0.2) is 47.5 Å². The lowest BCUT2D eigenvalue weighted by Crippen LogP contribution is -2.21. The van der Waals surface area contributed by atoms with Gasteiger partial charge >= 0.3 is 0 Å². The molecule has 0 saturated carbocycles. The second kappa shape index (κ2) is 5.21. The first-order valence-corrected chi connectivity index (χ1v) is 6.37. The number of aliphatic imine (C=N–C) groups is 1. The van der Waals surface area contributed by atoms with Gasteiger partial charge in [-0.3, -0.25) is 4.99 Å². The summed E-state index contributed by atoms with van der Waals surface area (Å²) in [6.07, 6.45) is 0. The van der Waals surface area contributed by atoms with Gasteiger partial charge in [0.2, 0.25) is 0 Å². The van der Waals surface area contributed by atoms with Crippen LogP contribution in [0.5, 0.6) is 5.75 Å². The molecule has 0 atom stereocenters. The van der Waals surface area contributed by atoms with Crippen molar-refractivity contribution >= 4 is 17.2 Å². The third-order valence-electron chi connectivity index (χ3n) is 3.07. The van der Waals surface area contributed by atoms with Crippen LogP contribution in [-0.2, 0) is 0 Å². The van der Waals surface area contributed by atoms with Crippen molar-refractivity contribution in [2.24, 2.45) is 4.99 Å². The number of nitrogens with zero attached hydrogens (tertiary/aromatic N) is 1. The van der Waals surface area contributed by atoms with E-state index in [4.69, 9.17) is 0 Å². The van der Waals surface area contributed by atoms with Crippen molar-refractivity contribution in [1.82, 2.24) is 5.32 Å². The number of hydrogen-bond donors (Lipinski definition) is 3. The zero-order chi connectivity index (χ0) is 13.9. The van der Waals surface area contributed by atoms with Crippen LogP contribution in [-0.4, -0.2) is 24.0 Å². The Morgan fingerprint density at radius 1 is 1.15 bits per heavy atom. The molecule has 0 saturated heterocycles. The van der Waals surface area contributed by atoms with Crippen molar-refractivity contribution in [3.63, 3.8) is 0 Å². The number of halogens is 1. The first-order chi connectivity index (χ1) is 9.74. The maximum absolute atomic E-state index is 14.1. The Morgan fingerprint density at radius 2 is 1.95 bits per heavy atom. The van der Waals surface area contributed by atoms with Crippen molar-refractivity contribution in [3.8, 4) is 5.75 Å². The van der Waals surface area contributed by atoms with Gasteiger partial charge in [-0.05, 0) is 36.4 Å². The Kier molecular flexibility index (Phi) is 3.25. The predicted molar refractivity (Wildman–Crippen MR) is 77.2 cm³/mol. The highest BCUT2D eigenvalue weighted by Crippen LogP contribution is 2.25. The molecule has 4 nitrogen and oxygen atoms in total. The number of nitrogens with one attached hydrogen (secondary N) is 2. The molecule has 3 rings (SSSR count). The lowest BCUT2D eigenvalue weighted by Gasteiger charge is -2.13. The zero-order valence-corrected chi connectivity index (χ0v) is 10.7. The van der Waals surface area contributed by atoms with Gasteiger partial charge in [-0.2, -0.15) is 0 Å². The number of rotatable bonds is 3. The smallest absolute Gasteiger partial charge is 0.136 e. The number of phenolic OH excluding ortho intramolecular Hbond substituents is 1. The average molecular weight is 271 g/mol. The topological polar surface area (TPSA) is 56.6 Å². The van der Waals surface area contributed by atoms with Crippen molar-refractivity contribution < 1.29 is 9.50 Å². The Bertz CT molecular complexity index is 653. The number of phenols is 1. The molecule has 1 aliphatic heterocycles. The molecule has 5 heteroatoms. The second-order valence-electron chi connectivity index (χ2n) is 4.49. The van der Waals surface area contributed by atoms with E-state index in [9.17, 15) is 9.50 Å². The molecule has 0 aromatic heterocycles. The molecule has 102 valence electrons. The van der Waals surface area contributed by atoms with Crippen molar-refractivity contribution in [2.75, 3.05) is 18.4 Å². The standard InChI is InChI=1S/C15H14FN3O/c16-12-2-1-3-13(14(12)15-17-8-9-18-15)19-10-4-6-11(20)7-5-10/h1-7,19-20H,8-9H2,(H,17,18). The molecule has 0 spiro atoms. The van der Waals surface area contributed by atoms with Crippen molar-refractivity contribution in [1.29, 1.82) is 0 Å². The quantitative estimate of drug-likeness (QED) is 0.752. The van der Waals surface area contributed by atoms with Gasteiger partial charge in [0.05, 0.1) is 17.8 Å². The van der Waals surface area contributed by atoms with Crippen LogP contribution < -0.4 is 10.6 Å². The van der Waals surface area contributed by atoms with Gasteiger partial charge < -0.3 is 15.7 Å². The Balaban J connectivity index is 1.96. The van der Waals surface area contributed by atoms with E-state index in [2.05, 4.69) is 15.6 Å². The van der Waals surface area contributed by atoms with Crippen LogP contribution in [0.3, 0.4) is 0 Å². The first-order valence-electron chi connectivity index (χ1n) is 6.37. The number of hydrogen-bond acceptors (Lipinski definition) is 4. The van der Waals surface area contributed by atoms with E-state index in [-0.39, 0.29) is 11.6 Å². The third kappa shape index (κ3) is 2.42.